The SMILES string of the molecule is Cc1cccc(CS(=O)(=O)N2CCC(C(=O)N3CCN(c4cccc(Cl)c4)CC3)CC2)c1. The van der Waals surface area contributed by atoms with Gasteiger partial charge in [-0.05, 0) is 43.5 Å². The monoisotopic (exact) mass is 475 g/mol. The second kappa shape index (κ2) is 9.81. The van der Waals surface area contributed by atoms with Crippen molar-refractivity contribution in [3.8, 4) is 0 Å². The van der Waals surface area contributed by atoms with Gasteiger partial charge in [0.25, 0.3) is 0 Å². The fraction of sp³-hybridized carbons (Fsp3) is 0.458. The van der Waals surface area contributed by atoms with Gasteiger partial charge in [0.2, 0.25) is 15.9 Å². The number of piperazine rings is 1. The molecule has 1 amide bonds. The van der Waals surface area contributed by atoms with Crippen molar-refractivity contribution in [2.24, 2.45) is 5.92 Å². The van der Waals surface area contributed by atoms with Gasteiger partial charge >= 0.3 is 0 Å². The van der Waals surface area contributed by atoms with Gasteiger partial charge in [0.05, 0.1) is 5.75 Å². The topological polar surface area (TPSA) is 60.9 Å². The van der Waals surface area contributed by atoms with Crippen LogP contribution in [0.25, 0.3) is 0 Å². The first-order valence-corrected chi connectivity index (χ1v) is 13.1. The van der Waals surface area contributed by atoms with Crippen LogP contribution in [0.1, 0.15) is 24.0 Å². The van der Waals surface area contributed by atoms with Crippen molar-refractivity contribution >= 4 is 33.2 Å². The highest BCUT2D eigenvalue weighted by molar-refractivity contribution is 7.88. The number of hydrogen-bond acceptors (Lipinski definition) is 4. The molecule has 0 aliphatic carbocycles. The molecule has 4 rings (SSSR count). The maximum atomic E-state index is 13.1. The number of rotatable bonds is 5. The first kappa shape index (κ1) is 23.1. The van der Waals surface area contributed by atoms with E-state index in [9.17, 15) is 13.2 Å². The number of amides is 1. The van der Waals surface area contributed by atoms with Gasteiger partial charge in [0, 0.05) is 55.9 Å². The number of carbonyl (C=O) groups excluding carboxylic acids is 1. The average molecular weight is 476 g/mol. The summed E-state index contributed by atoms with van der Waals surface area (Å²) in [7, 11) is -3.38. The first-order valence-electron chi connectivity index (χ1n) is 11.1. The van der Waals surface area contributed by atoms with Gasteiger partial charge in [-0.2, -0.15) is 0 Å². The van der Waals surface area contributed by atoms with Gasteiger partial charge in [-0.3, -0.25) is 4.79 Å². The predicted octanol–water partition coefficient (Wildman–Crippen LogP) is 3.54. The van der Waals surface area contributed by atoms with Crippen LogP contribution in [0.15, 0.2) is 48.5 Å². The number of carbonyl (C=O) groups is 1. The van der Waals surface area contributed by atoms with Crippen LogP contribution in [0.4, 0.5) is 5.69 Å². The average Bonchev–Trinajstić information content (AvgIpc) is 2.78. The lowest BCUT2D eigenvalue weighted by atomic mass is 9.96. The molecule has 2 heterocycles. The third-order valence-electron chi connectivity index (χ3n) is 6.39. The Morgan fingerprint density at radius 3 is 2.31 bits per heavy atom. The molecular weight excluding hydrogens is 446 g/mol. The number of hydrogen-bond donors (Lipinski definition) is 0. The molecule has 2 aliphatic rings. The van der Waals surface area contributed by atoms with Gasteiger partial charge in [-0.1, -0.05) is 47.5 Å². The summed E-state index contributed by atoms with van der Waals surface area (Å²) in [6.45, 7) is 5.68. The lowest BCUT2D eigenvalue weighted by Gasteiger charge is -2.39. The minimum atomic E-state index is -3.38. The highest BCUT2D eigenvalue weighted by Crippen LogP contribution is 2.25. The minimum Gasteiger partial charge on any atom is -0.368 e. The fourth-order valence-corrected chi connectivity index (χ4v) is 6.34. The summed E-state index contributed by atoms with van der Waals surface area (Å²) >= 11 is 6.10. The number of aryl methyl sites for hydroxylation is 1. The third kappa shape index (κ3) is 5.45. The van der Waals surface area contributed by atoms with E-state index in [1.165, 1.54) is 0 Å². The van der Waals surface area contributed by atoms with Crippen molar-refractivity contribution in [3.63, 3.8) is 0 Å². The number of anilines is 1. The Hall–Kier alpha value is -2.09. The first-order chi connectivity index (χ1) is 15.3. The molecule has 0 atom stereocenters. The number of halogens is 1. The van der Waals surface area contributed by atoms with E-state index in [0.29, 0.717) is 44.0 Å². The summed E-state index contributed by atoms with van der Waals surface area (Å²) in [6.07, 6.45) is 1.17. The molecular formula is C24H30ClN3O3S. The number of nitrogens with zero attached hydrogens (tertiary/aromatic N) is 3. The van der Waals surface area contributed by atoms with E-state index in [2.05, 4.69) is 4.90 Å². The predicted molar refractivity (Wildman–Crippen MR) is 128 cm³/mol. The fourth-order valence-electron chi connectivity index (χ4n) is 4.60. The Morgan fingerprint density at radius 2 is 1.66 bits per heavy atom. The minimum absolute atomic E-state index is 0.0127. The van der Waals surface area contributed by atoms with Crippen LogP contribution in [-0.2, 0) is 20.6 Å². The van der Waals surface area contributed by atoms with Gasteiger partial charge in [0.1, 0.15) is 0 Å². The van der Waals surface area contributed by atoms with Crippen LogP contribution in [-0.4, -0.2) is 62.8 Å². The maximum Gasteiger partial charge on any atom is 0.225 e. The molecule has 0 spiro atoms. The molecule has 0 aromatic heterocycles. The molecule has 0 unspecified atom stereocenters. The smallest absolute Gasteiger partial charge is 0.225 e. The second-order valence-corrected chi connectivity index (χ2v) is 11.1. The number of piperidine rings is 1. The summed E-state index contributed by atoms with van der Waals surface area (Å²) in [5.74, 6) is 0.0725. The number of benzene rings is 2. The molecule has 2 fully saturated rings. The molecule has 2 saturated heterocycles. The molecule has 0 N–H and O–H groups in total. The normalized spacial score (nSPS) is 18.7. The van der Waals surface area contributed by atoms with E-state index in [0.717, 1.165) is 29.9 Å². The van der Waals surface area contributed by atoms with Crippen molar-refractivity contribution in [2.75, 3.05) is 44.2 Å². The lowest BCUT2D eigenvalue weighted by Crippen LogP contribution is -2.52. The Labute approximate surface area is 195 Å². The Morgan fingerprint density at radius 1 is 0.969 bits per heavy atom. The zero-order valence-electron chi connectivity index (χ0n) is 18.4. The molecule has 2 aliphatic heterocycles. The summed E-state index contributed by atoms with van der Waals surface area (Å²) in [6, 6.07) is 15.4. The molecule has 2 aromatic carbocycles. The largest absolute Gasteiger partial charge is 0.368 e. The van der Waals surface area contributed by atoms with Gasteiger partial charge in [0.15, 0.2) is 0 Å². The van der Waals surface area contributed by atoms with Crippen LogP contribution in [0.2, 0.25) is 5.02 Å². The van der Waals surface area contributed by atoms with E-state index in [1.807, 2.05) is 60.4 Å². The summed E-state index contributed by atoms with van der Waals surface area (Å²) < 4.78 is 27.3. The second-order valence-electron chi connectivity index (χ2n) is 8.71. The van der Waals surface area contributed by atoms with E-state index in [-0.39, 0.29) is 17.6 Å². The molecule has 6 nitrogen and oxygen atoms in total. The summed E-state index contributed by atoms with van der Waals surface area (Å²) in [4.78, 5) is 17.2. The van der Waals surface area contributed by atoms with Gasteiger partial charge < -0.3 is 9.80 Å². The Kier molecular flexibility index (Phi) is 7.08. The zero-order valence-corrected chi connectivity index (χ0v) is 20.0. The van der Waals surface area contributed by atoms with Crippen LogP contribution >= 0.6 is 11.6 Å². The van der Waals surface area contributed by atoms with E-state index >= 15 is 0 Å². The molecule has 8 heteroatoms. The maximum absolute atomic E-state index is 13.1. The molecule has 172 valence electrons. The Bertz CT molecular complexity index is 1060. The zero-order chi connectivity index (χ0) is 22.7. The molecule has 2 aromatic rings. The molecule has 0 saturated carbocycles. The summed E-state index contributed by atoms with van der Waals surface area (Å²) in [5, 5.41) is 0.713. The Balaban J connectivity index is 1.28. The standard InChI is InChI=1S/C24H30ClN3O3S/c1-19-4-2-5-20(16-19)18-32(30,31)28-10-8-21(9-11-28)24(29)27-14-12-26(13-15-27)23-7-3-6-22(25)17-23/h2-7,16-17,21H,8-15,18H2,1H3. The van der Waals surface area contributed by atoms with E-state index in [1.54, 1.807) is 4.31 Å². The molecule has 32 heavy (non-hydrogen) atoms. The van der Waals surface area contributed by atoms with Crippen molar-refractivity contribution < 1.29 is 13.2 Å². The molecule has 0 bridgehead atoms. The lowest BCUT2D eigenvalue weighted by molar-refractivity contribution is -0.137. The van der Waals surface area contributed by atoms with Crippen molar-refractivity contribution in [3.05, 3.63) is 64.7 Å². The highest BCUT2D eigenvalue weighted by atomic mass is 35.5. The van der Waals surface area contributed by atoms with Crippen LogP contribution in [0.3, 0.4) is 0 Å². The van der Waals surface area contributed by atoms with Crippen LogP contribution in [0, 0.1) is 12.8 Å². The quantitative estimate of drug-likeness (QED) is 0.663. The van der Waals surface area contributed by atoms with Crippen LogP contribution in [0.5, 0.6) is 0 Å². The van der Waals surface area contributed by atoms with Crippen molar-refractivity contribution in [1.29, 1.82) is 0 Å². The number of sulfonamides is 1. The van der Waals surface area contributed by atoms with E-state index in [4.69, 9.17) is 11.6 Å². The van der Waals surface area contributed by atoms with Gasteiger partial charge in [-0.25, -0.2) is 12.7 Å². The highest BCUT2D eigenvalue weighted by Gasteiger charge is 2.34. The van der Waals surface area contributed by atoms with E-state index < -0.39 is 10.0 Å². The van der Waals surface area contributed by atoms with Gasteiger partial charge in [-0.15, -0.1) is 0 Å². The third-order valence-corrected chi connectivity index (χ3v) is 8.48. The van der Waals surface area contributed by atoms with Crippen molar-refractivity contribution in [2.45, 2.75) is 25.5 Å². The molecule has 0 radical (unpaired) electrons. The summed E-state index contributed by atoms with van der Waals surface area (Å²) in [5.41, 5.74) is 2.94. The van der Waals surface area contributed by atoms with Crippen LogP contribution < -0.4 is 4.90 Å². The van der Waals surface area contributed by atoms with Crippen molar-refractivity contribution in [1.82, 2.24) is 9.21 Å².